The van der Waals surface area contributed by atoms with Gasteiger partial charge in [0.15, 0.2) is 11.6 Å². The first-order chi connectivity index (χ1) is 13.1. The number of likely N-dealkylation sites (tertiary alicyclic amines) is 1. The Kier molecular flexibility index (Phi) is 7.22. The van der Waals surface area contributed by atoms with Crippen molar-refractivity contribution in [3.63, 3.8) is 0 Å². The summed E-state index contributed by atoms with van der Waals surface area (Å²) in [6.07, 6.45) is 9.75. The smallest absolute Gasteiger partial charge is 0.227 e. The van der Waals surface area contributed by atoms with Crippen LogP contribution in [0.2, 0.25) is 0 Å². The first kappa shape index (κ1) is 20.2. The molecule has 0 bridgehead atoms. The molecule has 2 fully saturated rings. The fraction of sp³-hybridized carbons (Fsp3) is 0.682. The molecule has 1 aliphatic heterocycles. The van der Waals surface area contributed by atoms with Gasteiger partial charge in [0.2, 0.25) is 5.91 Å². The topological polar surface area (TPSA) is 23.6 Å². The summed E-state index contributed by atoms with van der Waals surface area (Å²) in [5, 5.41) is 0. The van der Waals surface area contributed by atoms with Crippen LogP contribution in [0.15, 0.2) is 18.2 Å². The summed E-state index contributed by atoms with van der Waals surface area (Å²) in [4.78, 5) is 17.7. The number of piperidine rings is 1. The Hall–Kier alpha value is -1.49. The number of carbonyl (C=O) groups is 1. The van der Waals surface area contributed by atoms with Crippen LogP contribution in [-0.2, 0) is 11.2 Å². The Labute approximate surface area is 161 Å². The van der Waals surface area contributed by atoms with Crippen molar-refractivity contribution in [1.29, 1.82) is 0 Å². The van der Waals surface area contributed by atoms with Crippen LogP contribution < -0.4 is 0 Å². The molecule has 2 aliphatic rings. The van der Waals surface area contributed by atoms with Crippen molar-refractivity contribution < 1.29 is 13.6 Å². The average molecular weight is 379 g/mol. The summed E-state index contributed by atoms with van der Waals surface area (Å²) in [7, 11) is 0. The van der Waals surface area contributed by atoms with E-state index in [1.807, 2.05) is 11.8 Å². The molecule has 1 aromatic rings. The fourth-order valence-corrected chi connectivity index (χ4v) is 4.83. The van der Waals surface area contributed by atoms with Gasteiger partial charge in [-0.2, -0.15) is 0 Å². The molecular weight excluding hydrogens is 346 g/mol. The van der Waals surface area contributed by atoms with Crippen LogP contribution in [0.3, 0.4) is 0 Å². The van der Waals surface area contributed by atoms with Crippen molar-refractivity contribution in [3.05, 3.63) is 35.4 Å². The molecule has 150 valence electrons. The van der Waals surface area contributed by atoms with Gasteiger partial charge in [-0.05, 0) is 63.4 Å². The number of carbonyl (C=O) groups excluding carboxylic acids is 1. The van der Waals surface area contributed by atoms with E-state index in [1.165, 1.54) is 38.2 Å². The zero-order valence-electron chi connectivity index (χ0n) is 16.4. The van der Waals surface area contributed by atoms with E-state index in [4.69, 9.17) is 0 Å². The van der Waals surface area contributed by atoms with Crippen molar-refractivity contribution in [3.8, 4) is 0 Å². The highest BCUT2D eigenvalue weighted by Crippen LogP contribution is 2.29. The van der Waals surface area contributed by atoms with Gasteiger partial charge in [-0.15, -0.1) is 0 Å². The Morgan fingerprint density at radius 2 is 1.74 bits per heavy atom. The predicted molar refractivity (Wildman–Crippen MR) is 104 cm³/mol. The minimum atomic E-state index is -0.885. The first-order valence-corrected chi connectivity index (χ1v) is 10.6. The number of hydrogen-bond acceptors (Lipinski definition) is 2. The van der Waals surface area contributed by atoms with Gasteiger partial charge in [0, 0.05) is 18.6 Å². The molecular formula is C22H32F2N2O. The van der Waals surface area contributed by atoms with E-state index in [9.17, 15) is 13.6 Å². The quantitative estimate of drug-likeness (QED) is 0.702. The standard InChI is InChI=1S/C22H32F2N2O/c1-2-26(22(27)16-17-11-12-18(23)19(24)15-17)21-10-6-3-5-9-20(21)25-13-7-4-8-14-25/h11-12,15,20-21H,2-10,13-14,16H2,1H3. The molecule has 2 unspecified atom stereocenters. The van der Waals surface area contributed by atoms with Gasteiger partial charge in [-0.1, -0.05) is 31.7 Å². The van der Waals surface area contributed by atoms with E-state index in [1.54, 1.807) is 0 Å². The van der Waals surface area contributed by atoms with Gasteiger partial charge in [-0.3, -0.25) is 9.69 Å². The lowest BCUT2D eigenvalue weighted by atomic mass is 9.96. The summed E-state index contributed by atoms with van der Waals surface area (Å²) in [6.45, 7) is 4.96. The van der Waals surface area contributed by atoms with Gasteiger partial charge in [0.1, 0.15) is 0 Å². The maximum atomic E-state index is 13.5. The van der Waals surface area contributed by atoms with Crippen LogP contribution in [0.4, 0.5) is 8.78 Å². The van der Waals surface area contributed by atoms with Crippen molar-refractivity contribution in [2.24, 2.45) is 0 Å². The number of halogens is 2. The van der Waals surface area contributed by atoms with E-state index in [0.717, 1.165) is 44.5 Å². The highest BCUT2D eigenvalue weighted by atomic mass is 19.2. The Morgan fingerprint density at radius 1 is 1.04 bits per heavy atom. The Balaban J connectivity index is 1.75. The van der Waals surface area contributed by atoms with E-state index < -0.39 is 11.6 Å². The summed E-state index contributed by atoms with van der Waals surface area (Å²) in [5.41, 5.74) is 0.542. The third-order valence-corrected chi connectivity index (χ3v) is 6.20. The minimum Gasteiger partial charge on any atom is -0.338 e. The molecule has 5 heteroatoms. The summed E-state index contributed by atoms with van der Waals surface area (Å²) in [5.74, 6) is -1.73. The van der Waals surface area contributed by atoms with E-state index in [0.29, 0.717) is 18.2 Å². The molecule has 1 saturated heterocycles. The first-order valence-electron chi connectivity index (χ1n) is 10.6. The van der Waals surface area contributed by atoms with Crippen LogP contribution >= 0.6 is 0 Å². The number of rotatable bonds is 5. The summed E-state index contributed by atoms with van der Waals surface area (Å²) >= 11 is 0. The third-order valence-electron chi connectivity index (χ3n) is 6.20. The number of benzene rings is 1. The van der Waals surface area contributed by atoms with Crippen LogP contribution in [0.5, 0.6) is 0 Å². The van der Waals surface area contributed by atoms with Crippen molar-refractivity contribution in [2.45, 2.75) is 76.8 Å². The number of nitrogens with zero attached hydrogens (tertiary/aromatic N) is 2. The Bertz CT molecular complexity index is 631. The molecule has 3 rings (SSSR count). The molecule has 1 heterocycles. The number of hydrogen-bond donors (Lipinski definition) is 0. The molecule has 27 heavy (non-hydrogen) atoms. The lowest BCUT2D eigenvalue weighted by Gasteiger charge is -2.43. The lowest BCUT2D eigenvalue weighted by Crippen LogP contribution is -2.54. The predicted octanol–water partition coefficient (Wildman–Crippen LogP) is 4.54. The molecule has 3 nitrogen and oxygen atoms in total. The normalized spacial score (nSPS) is 24.4. The second-order valence-corrected chi connectivity index (χ2v) is 7.97. The molecule has 1 amide bonds. The molecule has 1 saturated carbocycles. The second kappa shape index (κ2) is 9.63. The van der Waals surface area contributed by atoms with Crippen LogP contribution in [0.1, 0.15) is 63.9 Å². The summed E-state index contributed by atoms with van der Waals surface area (Å²) < 4.78 is 26.7. The Morgan fingerprint density at radius 3 is 2.44 bits per heavy atom. The molecule has 1 aromatic carbocycles. The molecule has 0 radical (unpaired) electrons. The fourth-order valence-electron chi connectivity index (χ4n) is 4.83. The van der Waals surface area contributed by atoms with Crippen LogP contribution in [0.25, 0.3) is 0 Å². The van der Waals surface area contributed by atoms with Crippen LogP contribution in [-0.4, -0.2) is 47.4 Å². The number of likely N-dealkylation sites (N-methyl/N-ethyl adjacent to an activating group) is 1. The molecule has 0 aromatic heterocycles. The highest BCUT2D eigenvalue weighted by molar-refractivity contribution is 5.79. The van der Waals surface area contributed by atoms with Crippen LogP contribution in [0, 0.1) is 11.6 Å². The van der Waals surface area contributed by atoms with Gasteiger partial charge < -0.3 is 4.90 Å². The van der Waals surface area contributed by atoms with E-state index in [-0.39, 0.29) is 18.4 Å². The largest absolute Gasteiger partial charge is 0.338 e. The van der Waals surface area contributed by atoms with Gasteiger partial charge in [-0.25, -0.2) is 8.78 Å². The zero-order chi connectivity index (χ0) is 19.2. The van der Waals surface area contributed by atoms with Gasteiger partial charge in [0.25, 0.3) is 0 Å². The van der Waals surface area contributed by atoms with E-state index in [2.05, 4.69) is 4.90 Å². The highest BCUT2D eigenvalue weighted by Gasteiger charge is 2.34. The average Bonchev–Trinajstić information content (AvgIpc) is 2.92. The lowest BCUT2D eigenvalue weighted by molar-refractivity contribution is -0.134. The minimum absolute atomic E-state index is 0.0254. The monoisotopic (exact) mass is 378 g/mol. The molecule has 0 N–H and O–H groups in total. The second-order valence-electron chi connectivity index (χ2n) is 7.97. The zero-order valence-corrected chi connectivity index (χ0v) is 16.4. The summed E-state index contributed by atoms with van der Waals surface area (Å²) in [6, 6.07) is 4.43. The van der Waals surface area contributed by atoms with Crippen molar-refractivity contribution in [1.82, 2.24) is 9.80 Å². The van der Waals surface area contributed by atoms with Gasteiger partial charge >= 0.3 is 0 Å². The maximum absolute atomic E-state index is 13.5. The van der Waals surface area contributed by atoms with Crippen molar-refractivity contribution >= 4 is 5.91 Å². The number of amides is 1. The van der Waals surface area contributed by atoms with E-state index >= 15 is 0 Å². The SMILES string of the molecule is CCN(C(=O)Cc1ccc(F)c(F)c1)C1CCCCCC1N1CCCCC1. The maximum Gasteiger partial charge on any atom is 0.227 e. The molecule has 0 spiro atoms. The molecule has 1 aliphatic carbocycles. The third kappa shape index (κ3) is 5.07. The van der Waals surface area contributed by atoms with Crippen molar-refractivity contribution in [2.75, 3.05) is 19.6 Å². The molecule has 2 atom stereocenters. The van der Waals surface area contributed by atoms with Gasteiger partial charge in [0.05, 0.1) is 6.42 Å².